The van der Waals surface area contributed by atoms with Crippen molar-refractivity contribution in [2.24, 2.45) is 11.7 Å². The van der Waals surface area contributed by atoms with E-state index in [9.17, 15) is 18.0 Å². The van der Waals surface area contributed by atoms with E-state index in [4.69, 9.17) is 5.73 Å². The second kappa shape index (κ2) is 5.95. The molecule has 1 unspecified atom stereocenters. The van der Waals surface area contributed by atoms with Gasteiger partial charge in [-0.3, -0.25) is 4.79 Å². The average molecular weight is 300 g/mol. The van der Waals surface area contributed by atoms with Crippen LogP contribution in [-0.2, 0) is 6.18 Å². The fourth-order valence-electron chi connectivity index (χ4n) is 2.70. The third kappa shape index (κ3) is 3.68. The molecule has 6 heteroatoms. The fraction of sp³-hybridized carbons (Fsp3) is 0.533. The third-order valence-corrected chi connectivity index (χ3v) is 3.94. The van der Waals surface area contributed by atoms with Crippen LogP contribution >= 0.6 is 0 Å². The smallest absolute Gasteiger partial charge is 0.371 e. The van der Waals surface area contributed by atoms with Crippen LogP contribution in [0.1, 0.15) is 42.1 Å². The third-order valence-electron chi connectivity index (χ3n) is 3.94. The summed E-state index contributed by atoms with van der Waals surface area (Å²) in [5.74, 6) is -0.328. The highest BCUT2D eigenvalue weighted by molar-refractivity contribution is 5.93. The molecule has 1 heterocycles. The largest absolute Gasteiger partial charge is 0.418 e. The molecule has 0 aliphatic carbocycles. The first-order valence-electron chi connectivity index (χ1n) is 7.05. The molecule has 1 aromatic carbocycles. The fourth-order valence-corrected chi connectivity index (χ4v) is 2.70. The van der Waals surface area contributed by atoms with Gasteiger partial charge in [-0.15, -0.1) is 0 Å². The Morgan fingerprint density at radius 3 is 2.62 bits per heavy atom. The summed E-state index contributed by atoms with van der Waals surface area (Å²) in [4.78, 5) is 12.9. The number of hydrogen-bond acceptors (Lipinski definition) is 2. The molecule has 3 nitrogen and oxygen atoms in total. The maximum Gasteiger partial charge on any atom is 0.418 e. The van der Waals surface area contributed by atoms with E-state index in [0.717, 1.165) is 25.3 Å². The van der Waals surface area contributed by atoms with Gasteiger partial charge in [-0.2, -0.15) is 13.2 Å². The highest BCUT2D eigenvalue weighted by atomic mass is 19.4. The number of amides is 1. The quantitative estimate of drug-likeness (QED) is 0.909. The summed E-state index contributed by atoms with van der Waals surface area (Å²) in [6, 6.07) is 3.58. The molecule has 0 spiro atoms. The van der Waals surface area contributed by atoms with Gasteiger partial charge in [0.25, 0.3) is 0 Å². The lowest BCUT2D eigenvalue weighted by Gasteiger charge is -2.26. The average Bonchev–Trinajstić information content (AvgIpc) is 2.62. The molecule has 0 radical (unpaired) electrons. The van der Waals surface area contributed by atoms with Gasteiger partial charge in [-0.05, 0) is 43.4 Å². The Morgan fingerprint density at radius 2 is 2.00 bits per heavy atom. The monoisotopic (exact) mass is 300 g/mol. The molecule has 1 aliphatic rings. The van der Waals surface area contributed by atoms with E-state index in [2.05, 4.69) is 6.92 Å². The number of halogens is 3. The maximum absolute atomic E-state index is 13.2. The van der Waals surface area contributed by atoms with Crippen molar-refractivity contribution in [3.63, 3.8) is 0 Å². The van der Waals surface area contributed by atoms with Gasteiger partial charge in [0.15, 0.2) is 0 Å². The van der Waals surface area contributed by atoms with Crippen LogP contribution in [-0.4, -0.2) is 19.0 Å². The number of primary amides is 1. The highest BCUT2D eigenvalue weighted by Gasteiger charge is 2.35. The molecule has 1 aliphatic heterocycles. The van der Waals surface area contributed by atoms with Crippen molar-refractivity contribution in [2.75, 3.05) is 18.0 Å². The Morgan fingerprint density at radius 1 is 1.29 bits per heavy atom. The van der Waals surface area contributed by atoms with Gasteiger partial charge in [-0.25, -0.2) is 0 Å². The van der Waals surface area contributed by atoms with Crippen LogP contribution in [0, 0.1) is 5.92 Å². The van der Waals surface area contributed by atoms with Crippen molar-refractivity contribution in [2.45, 2.75) is 32.4 Å². The normalized spacial score (nSPS) is 20.2. The summed E-state index contributed by atoms with van der Waals surface area (Å²) in [6.07, 6.45) is -1.74. The molecule has 0 aromatic heterocycles. The minimum absolute atomic E-state index is 0.116. The minimum atomic E-state index is -4.50. The molecule has 116 valence electrons. The van der Waals surface area contributed by atoms with Gasteiger partial charge in [0.2, 0.25) is 5.91 Å². The van der Waals surface area contributed by atoms with E-state index >= 15 is 0 Å². The zero-order chi connectivity index (χ0) is 15.6. The van der Waals surface area contributed by atoms with Crippen molar-refractivity contribution >= 4 is 11.6 Å². The maximum atomic E-state index is 13.2. The Labute approximate surface area is 121 Å². The van der Waals surface area contributed by atoms with Crippen LogP contribution < -0.4 is 10.6 Å². The zero-order valence-electron chi connectivity index (χ0n) is 11.9. The number of carbonyl (C=O) groups is 1. The van der Waals surface area contributed by atoms with Gasteiger partial charge in [-0.1, -0.05) is 6.92 Å². The van der Waals surface area contributed by atoms with E-state index in [1.807, 2.05) is 0 Å². The predicted molar refractivity (Wildman–Crippen MR) is 75.2 cm³/mol. The molecule has 2 N–H and O–H groups in total. The van der Waals surface area contributed by atoms with Crippen LogP contribution in [0.4, 0.5) is 18.9 Å². The summed E-state index contributed by atoms with van der Waals surface area (Å²) in [6.45, 7) is 3.31. The Kier molecular flexibility index (Phi) is 4.44. The number of benzene rings is 1. The molecule has 1 saturated heterocycles. The second-order valence-electron chi connectivity index (χ2n) is 5.62. The topological polar surface area (TPSA) is 46.3 Å². The van der Waals surface area contributed by atoms with Gasteiger partial charge in [0.05, 0.1) is 5.56 Å². The van der Waals surface area contributed by atoms with E-state index in [1.165, 1.54) is 12.1 Å². The Balaban J connectivity index is 2.40. The first-order chi connectivity index (χ1) is 9.79. The summed E-state index contributed by atoms with van der Waals surface area (Å²) in [5, 5.41) is 0. The molecule has 21 heavy (non-hydrogen) atoms. The molecule has 1 fully saturated rings. The standard InChI is InChI=1S/C15H19F3N2O/c1-10-3-2-7-20(8-6-10)13-5-4-11(14(19)21)9-12(13)15(16,17)18/h4-5,9-10H,2-3,6-8H2,1H3,(H2,19,21). The number of nitrogens with zero attached hydrogens (tertiary/aromatic N) is 1. The Hall–Kier alpha value is -1.72. The number of anilines is 1. The molecule has 0 saturated carbocycles. The number of nitrogens with two attached hydrogens (primary N) is 1. The first kappa shape index (κ1) is 15.7. The minimum Gasteiger partial charge on any atom is -0.371 e. The van der Waals surface area contributed by atoms with Crippen molar-refractivity contribution in [3.05, 3.63) is 29.3 Å². The van der Waals surface area contributed by atoms with E-state index in [-0.39, 0.29) is 11.3 Å². The molecule has 2 rings (SSSR count). The highest BCUT2D eigenvalue weighted by Crippen LogP contribution is 2.38. The van der Waals surface area contributed by atoms with Gasteiger partial charge in [0, 0.05) is 24.3 Å². The summed E-state index contributed by atoms with van der Waals surface area (Å²) >= 11 is 0. The molecule has 1 atom stereocenters. The lowest BCUT2D eigenvalue weighted by atomic mass is 10.0. The SMILES string of the molecule is CC1CCCN(c2ccc(C(N)=O)cc2C(F)(F)F)CC1. The molecular formula is C15H19F3N2O. The number of rotatable bonds is 2. The van der Waals surface area contributed by atoms with E-state index in [0.29, 0.717) is 19.0 Å². The van der Waals surface area contributed by atoms with Crippen molar-refractivity contribution < 1.29 is 18.0 Å². The molecule has 0 bridgehead atoms. The van der Waals surface area contributed by atoms with Crippen LogP contribution in [0.5, 0.6) is 0 Å². The molecular weight excluding hydrogens is 281 g/mol. The Bertz CT molecular complexity index is 528. The van der Waals surface area contributed by atoms with E-state index < -0.39 is 17.6 Å². The number of carbonyl (C=O) groups excluding carboxylic acids is 1. The number of alkyl halides is 3. The van der Waals surface area contributed by atoms with Gasteiger partial charge >= 0.3 is 6.18 Å². The lowest BCUT2D eigenvalue weighted by molar-refractivity contribution is -0.137. The summed E-state index contributed by atoms with van der Waals surface area (Å²) in [7, 11) is 0. The van der Waals surface area contributed by atoms with Crippen LogP contribution in [0.15, 0.2) is 18.2 Å². The van der Waals surface area contributed by atoms with Crippen LogP contribution in [0.25, 0.3) is 0 Å². The van der Waals surface area contributed by atoms with Crippen LogP contribution in [0.2, 0.25) is 0 Å². The van der Waals surface area contributed by atoms with Gasteiger partial charge < -0.3 is 10.6 Å². The first-order valence-corrected chi connectivity index (χ1v) is 7.05. The van der Waals surface area contributed by atoms with Crippen molar-refractivity contribution in [1.82, 2.24) is 0 Å². The summed E-state index contributed by atoms with van der Waals surface area (Å²) < 4.78 is 39.7. The van der Waals surface area contributed by atoms with E-state index in [1.54, 1.807) is 4.90 Å². The second-order valence-corrected chi connectivity index (χ2v) is 5.62. The lowest BCUT2D eigenvalue weighted by Crippen LogP contribution is -2.27. The zero-order valence-corrected chi connectivity index (χ0v) is 11.9. The molecule has 1 amide bonds. The number of hydrogen-bond donors (Lipinski definition) is 1. The predicted octanol–water partition coefficient (Wildman–Crippen LogP) is 3.43. The summed E-state index contributed by atoms with van der Waals surface area (Å²) in [5.41, 5.74) is 4.32. The molecule has 1 aromatic rings. The van der Waals surface area contributed by atoms with Crippen molar-refractivity contribution in [1.29, 1.82) is 0 Å². The van der Waals surface area contributed by atoms with Crippen molar-refractivity contribution in [3.8, 4) is 0 Å². The van der Waals surface area contributed by atoms with Gasteiger partial charge in [0.1, 0.15) is 0 Å². The van der Waals surface area contributed by atoms with Crippen LogP contribution in [0.3, 0.4) is 0 Å².